The second-order valence-corrected chi connectivity index (χ2v) is 9.38. The molecule has 3 heterocycles. The van der Waals surface area contributed by atoms with Crippen LogP contribution in [0.25, 0.3) is 22.7 Å². The van der Waals surface area contributed by atoms with Gasteiger partial charge in [-0.05, 0) is 59.9 Å². The summed E-state index contributed by atoms with van der Waals surface area (Å²) in [6, 6.07) is 19.8. The number of carbonyl (C=O) groups is 1. The number of hydrogen-bond donors (Lipinski definition) is 2. The normalized spacial score (nSPS) is 15.0. The fourth-order valence-electron chi connectivity index (χ4n) is 5.15. The highest BCUT2D eigenvalue weighted by atomic mass is 16.4. The molecule has 0 saturated heterocycles. The Bertz CT molecular complexity index is 1760. The van der Waals surface area contributed by atoms with E-state index < -0.39 is 23.3 Å². The third-order valence-electron chi connectivity index (χ3n) is 7.10. The molecule has 0 aliphatic carbocycles. The molecule has 0 fully saturated rings. The van der Waals surface area contributed by atoms with Gasteiger partial charge in [-0.15, -0.1) is 0 Å². The Morgan fingerprint density at radius 1 is 1.03 bits per heavy atom. The third kappa shape index (κ3) is 3.71. The average Bonchev–Trinajstić information content (AvgIpc) is 3.35. The fourth-order valence-corrected chi connectivity index (χ4v) is 5.15. The van der Waals surface area contributed by atoms with Crippen LogP contribution in [0.1, 0.15) is 38.7 Å². The van der Waals surface area contributed by atoms with E-state index in [1.54, 1.807) is 31.3 Å². The second-order valence-electron chi connectivity index (χ2n) is 9.38. The number of benzene rings is 3. The molecule has 9 nitrogen and oxygen atoms in total. The maximum Gasteiger partial charge on any atom is 0.335 e. The van der Waals surface area contributed by atoms with Crippen LogP contribution in [0, 0.1) is 6.92 Å². The number of carboxylic acids is 1. The molecule has 2 N–H and O–H groups in total. The van der Waals surface area contributed by atoms with E-state index in [9.17, 15) is 19.8 Å². The minimum atomic E-state index is -1.01. The summed E-state index contributed by atoms with van der Waals surface area (Å²) in [7, 11) is 1.55. The average molecular weight is 509 g/mol. The number of aromatic hydroxyl groups is 1. The zero-order chi connectivity index (χ0) is 26.6. The minimum absolute atomic E-state index is 0.0423. The number of aromatic nitrogens is 3. The molecule has 6 rings (SSSR count). The molecule has 0 bridgehead atoms. The lowest BCUT2D eigenvalue weighted by Gasteiger charge is -2.39. The van der Waals surface area contributed by atoms with Crippen LogP contribution in [0.2, 0.25) is 0 Å². The van der Waals surface area contributed by atoms with Crippen LogP contribution in [0.4, 0.5) is 5.95 Å². The monoisotopic (exact) mass is 508 g/mol. The van der Waals surface area contributed by atoms with E-state index in [0.29, 0.717) is 30.0 Å². The number of aryl methyl sites for hydroxylation is 1. The molecular formula is C29H24N4O5. The molecule has 9 heteroatoms. The van der Waals surface area contributed by atoms with Crippen LogP contribution >= 0.6 is 0 Å². The van der Waals surface area contributed by atoms with Crippen molar-refractivity contribution in [3.8, 4) is 17.3 Å². The minimum Gasteiger partial charge on any atom is -0.501 e. The first-order chi connectivity index (χ1) is 18.3. The summed E-state index contributed by atoms with van der Waals surface area (Å²) in [6.45, 7) is 2.51. The number of rotatable bonds is 4. The Morgan fingerprint density at radius 3 is 2.55 bits per heavy atom. The van der Waals surface area contributed by atoms with Crippen LogP contribution in [-0.2, 0) is 13.5 Å². The molecule has 5 aromatic rings. The summed E-state index contributed by atoms with van der Waals surface area (Å²) >= 11 is 0. The molecule has 0 radical (unpaired) electrons. The van der Waals surface area contributed by atoms with Gasteiger partial charge in [0.1, 0.15) is 5.52 Å². The van der Waals surface area contributed by atoms with Crippen molar-refractivity contribution < 1.29 is 19.4 Å². The Kier molecular flexibility index (Phi) is 5.48. The van der Waals surface area contributed by atoms with Crippen LogP contribution < -0.4 is 10.5 Å². The lowest BCUT2D eigenvalue weighted by atomic mass is 9.85. The third-order valence-corrected chi connectivity index (χ3v) is 7.10. The maximum absolute atomic E-state index is 13.2. The SMILES string of the molecule is Cc1ccccc1[C@@H]1c2cc(C(=O)O)ccc2CCN1c1nc(-c2nc3ccccc3o2)c(O)c(=O)n1C. The summed E-state index contributed by atoms with van der Waals surface area (Å²) < 4.78 is 7.14. The molecule has 38 heavy (non-hydrogen) atoms. The van der Waals surface area contributed by atoms with Gasteiger partial charge in [-0.3, -0.25) is 9.36 Å². The standard InChI is InChI=1S/C29H24N4O5/c1-16-7-3-4-8-19(16)24-20-15-18(28(36)37)12-11-17(20)13-14-33(24)29-31-23(25(34)27(35)32(29)2)26-30-21-9-5-6-10-22(21)38-26/h3-12,15,24,34H,13-14H2,1-2H3,(H,36,37)/t24-/m1/s1. The summed E-state index contributed by atoms with van der Waals surface area (Å²) in [5.41, 5.74) is 4.42. The van der Waals surface area contributed by atoms with Gasteiger partial charge in [0.2, 0.25) is 11.7 Å². The number of oxazole rings is 1. The predicted molar refractivity (Wildman–Crippen MR) is 142 cm³/mol. The number of hydrogen-bond acceptors (Lipinski definition) is 7. The van der Waals surface area contributed by atoms with Gasteiger partial charge >= 0.3 is 5.97 Å². The highest BCUT2D eigenvalue weighted by molar-refractivity contribution is 5.88. The quantitative estimate of drug-likeness (QED) is 0.365. The smallest absolute Gasteiger partial charge is 0.335 e. The van der Waals surface area contributed by atoms with Crippen molar-refractivity contribution >= 4 is 23.0 Å². The predicted octanol–water partition coefficient (Wildman–Crippen LogP) is 4.45. The largest absolute Gasteiger partial charge is 0.501 e. The van der Waals surface area contributed by atoms with Crippen molar-refractivity contribution in [3.05, 3.63) is 105 Å². The van der Waals surface area contributed by atoms with Gasteiger partial charge in [0.25, 0.3) is 11.4 Å². The van der Waals surface area contributed by atoms with Crippen LogP contribution in [0.3, 0.4) is 0 Å². The first-order valence-electron chi connectivity index (χ1n) is 12.2. The van der Waals surface area contributed by atoms with E-state index in [4.69, 9.17) is 9.40 Å². The molecule has 0 amide bonds. The molecule has 1 aliphatic rings. The van der Waals surface area contributed by atoms with Crippen LogP contribution in [0.15, 0.2) is 75.9 Å². The van der Waals surface area contributed by atoms with Crippen LogP contribution in [-0.4, -0.2) is 37.3 Å². The first-order valence-corrected chi connectivity index (χ1v) is 12.2. The van der Waals surface area contributed by atoms with E-state index >= 15 is 0 Å². The topological polar surface area (TPSA) is 122 Å². The number of anilines is 1. The highest BCUT2D eigenvalue weighted by Crippen LogP contribution is 2.40. The molecule has 0 saturated carbocycles. The van der Waals surface area contributed by atoms with Gasteiger partial charge in [-0.1, -0.05) is 42.5 Å². The van der Waals surface area contributed by atoms with Crippen molar-refractivity contribution in [1.29, 1.82) is 0 Å². The molecule has 1 atom stereocenters. The van der Waals surface area contributed by atoms with Crippen LogP contribution in [0.5, 0.6) is 5.75 Å². The molecule has 0 spiro atoms. The Hall–Kier alpha value is -4.92. The zero-order valence-electron chi connectivity index (χ0n) is 20.8. The van der Waals surface area contributed by atoms with E-state index in [1.165, 1.54) is 4.57 Å². The number of fused-ring (bicyclic) bond motifs is 2. The van der Waals surface area contributed by atoms with Gasteiger partial charge in [-0.2, -0.15) is 0 Å². The van der Waals surface area contributed by atoms with Gasteiger partial charge in [0.15, 0.2) is 11.3 Å². The fraction of sp³-hybridized carbons (Fsp3) is 0.172. The van der Waals surface area contributed by atoms with Gasteiger partial charge < -0.3 is 19.5 Å². The zero-order valence-corrected chi connectivity index (χ0v) is 20.8. The van der Waals surface area contributed by atoms with Crippen molar-refractivity contribution in [2.75, 3.05) is 11.4 Å². The molecule has 3 aromatic carbocycles. The summed E-state index contributed by atoms with van der Waals surface area (Å²) in [5, 5.41) is 20.5. The number of aromatic carboxylic acids is 1. The number of para-hydroxylation sites is 2. The van der Waals surface area contributed by atoms with Gasteiger partial charge in [0.05, 0.1) is 11.6 Å². The van der Waals surface area contributed by atoms with E-state index in [0.717, 1.165) is 22.3 Å². The summed E-state index contributed by atoms with van der Waals surface area (Å²) in [6.07, 6.45) is 0.618. The lowest BCUT2D eigenvalue weighted by Crippen LogP contribution is -2.40. The molecule has 0 unspecified atom stereocenters. The summed E-state index contributed by atoms with van der Waals surface area (Å²) in [4.78, 5) is 36.2. The number of carboxylic acid groups (broad SMARTS) is 1. The van der Waals surface area contributed by atoms with E-state index in [-0.39, 0.29) is 17.1 Å². The lowest BCUT2D eigenvalue weighted by molar-refractivity contribution is 0.0696. The van der Waals surface area contributed by atoms with Crippen molar-refractivity contribution in [2.24, 2.45) is 7.05 Å². The van der Waals surface area contributed by atoms with Crippen molar-refractivity contribution in [3.63, 3.8) is 0 Å². The Morgan fingerprint density at radius 2 is 1.79 bits per heavy atom. The highest BCUT2D eigenvalue weighted by Gasteiger charge is 2.34. The second kappa shape index (κ2) is 8.88. The van der Waals surface area contributed by atoms with E-state index in [1.807, 2.05) is 54.3 Å². The van der Waals surface area contributed by atoms with Gasteiger partial charge in [-0.25, -0.2) is 14.8 Å². The first kappa shape index (κ1) is 23.5. The molecule has 190 valence electrons. The maximum atomic E-state index is 13.2. The summed E-state index contributed by atoms with van der Waals surface area (Å²) in [5.74, 6) is -1.21. The van der Waals surface area contributed by atoms with Gasteiger partial charge in [0, 0.05) is 13.6 Å². The molecule has 1 aliphatic heterocycles. The van der Waals surface area contributed by atoms with Crippen molar-refractivity contribution in [1.82, 2.24) is 14.5 Å². The van der Waals surface area contributed by atoms with E-state index in [2.05, 4.69) is 4.98 Å². The Balaban J connectivity index is 1.58. The molecular weight excluding hydrogens is 484 g/mol. The molecule has 2 aromatic heterocycles. The van der Waals surface area contributed by atoms with Crippen molar-refractivity contribution in [2.45, 2.75) is 19.4 Å². The Labute approximate surface area is 217 Å². The number of nitrogens with zero attached hydrogens (tertiary/aromatic N) is 4.